The number of aryl methyl sites for hydroxylation is 2. The zero-order valence-corrected chi connectivity index (χ0v) is 15.1. The summed E-state index contributed by atoms with van der Waals surface area (Å²) in [5.74, 6) is 1.42. The zero-order valence-electron chi connectivity index (χ0n) is 15.1. The minimum absolute atomic E-state index is 0.624. The van der Waals surface area contributed by atoms with E-state index in [9.17, 15) is 0 Å². The first-order valence-corrected chi connectivity index (χ1v) is 9.21. The molecule has 4 rings (SSSR count). The lowest BCUT2D eigenvalue weighted by molar-refractivity contribution is 0.241. The van der Waals surface area contributed by atoms with Gasteiger partial charge in [-0.1, -0.05) is 0 Å². The highest BCUT2D eigenvalue weighted by Crippen LogP contribution is 2.25. The molecule has 0 radical (unpaired) electrons. The van der Waals surface area contributed by atoms with Crippen LogP contribution in [0.5, 0.6) is 5.88 Å². The van der Waals surface area contributed by atoms with E-state index in [0.29, 0.717) is 12.5 Å². The molecule has 0 spiro atoms. The Kier molecular flexibility index (Phi) is 4.57. The van der Waals surface area contributed by atoms with Crippen LogP contribution in [0.15, 0.2) is 12.3 Å². The molecule has 2 aromatic heterocycles. The summed E-state index contributed by atoms with van der Waals surface area (Å²) in [5.41, 5.74) is 4.21. The molecule has 7 nitrogen and oxygen atoms in total. The predicted molar refractivity (Wildman–Crippen MR) is 95.9 cm³/mol. The van der Waals surface area contributed by atoms with Crippen LogP contribution in [-0.4, -0.2) is 57.4 Å². The van der Waals surface area contributed by atoms with Crippen LogP contribution >= 0.6 is 0 Å². The van der Waals surface area contributed by atoms with Crippen molar-refractivity contribution in [2.75, 3.05) is 37.7 Å². The van der Waals surface area contributed by atoms with Crippen molar-refractivity contribution < 1.29 is 4.74 Å². The lowest BCUT2D eigenvalue weighted by Crippen LogP contribution is -2.46. The van der Waals surface area contributed by atoms with E-state index in [1.54, 1.807) is 6.20 Å². The van der Waals surface area contributed by atoms with Gasteiger partial charge in [0.2, 0.25) is 11.8 Å². The molecule has 7 heteroatoms. The monoisotopic (exact) mass is 342 g/mol. The third-order valence-corrected chi connectivity index (χ3v) is 5.14. The molecule has 0 N–H and O–H groups in total. The van der Waals surface area contributed by atoms with Gasteiger partial charge in [0, 0.05) is 52.0 Å². The molecule has 0 unspecified atom stereocenters. The van der Waals surface area contributed by atoms with Gasteiger partial charge < -0.3 is 9.64 Å². The minimum Gasteiger partial charge on any atom is -0.478 e. The first-order valence-electron chi connectivity index (χ1n) is 9.21. The standard InChI is InChI=1S/C18H26N6O/c1-3-25-17-7-8-19-18(20-17)24-11-9-23(10-12-24)13-16-14-5-4-6-15(14)21-22(16)2/h7-8H,3-6,9-13H2,1-2H3. The highest BCUT2D eigenvalue weighted by molar-refractivity contribution is 5.33. The number of ether oxygens (including phenoxy) is 1. The van der Waals surface area contributed by atoms with E-state index >= 15 is 0 Å². The van der Waals surface area contributed by atoms with Gasteiger partial charge in [-0.3, -0.25) is 9.58 Å². The number of hydrogen-bond acceptors (Lipinski definition) is 6. The molecule has 1 saturated heterocycles. The van der Waals surface area contributed by atoms with E-state index < -0.39 is 0 Å². The van der Waals surface area contributed by atoms with Crippen molar-refractivity contribution in [3.05, 3.63) is 29.2 Å². The SMILES string of the molecule is CCOc1ccnc(N2CCN(Cc3c4c(nn3C)CCC4)CC2)n1. The molecule has 0 bridgehead atoms. The average Bonchev–Trinajstić information content (AvgIpc) is 3.19. The van der Waals surface area contributed by atoms with Crippen molar-refractivity contribution in [2.24, 2.45) is 7.05 Å². The van der Waals surface area contributed by atoms with Crippen LogP contribution in [0.1, 0.15) is 30.3 Å². The maximum Gasteiger partial charge on any atom is 0.228 e. The highest BCUT2D eigenvalue weighted by atomic mass is 16.5. The fourth-order valence-corrected chi connectivity index (χ4v) is 3.81. The number of fused-ring (bicyclic) bond motifs is 1. The number of hydrogen-bond donors (Lipinski definition) is 0. The second-order valence-corrected chi connectivity index (χ2v) is 6.74. The predicted octanol–water partition coefficient (Wildman–Crippen LogP) is 1.42. The number of anilines is 1. The van der Waals surface area contributed by atoms with Crippen LogP contribution in [0, 0.1) is 0 Å². The Balaban J connectivity index is 1.38. The Morgan fingerprint density at radius 3 is 2.80 bits per heavy atom. The van der Waals surface area contributed by atoms with Crippen LogP contribution < -0.4 is 9.64 Å². The summed E-state index contributed by atoms with van der Waals surface area (Å²) in [6.07, 6.45) is 5.37. The van der Waals surface area contributed by atoms with Gasteiger partial charge in [0.25, 0.3) is 0 Å². The second kappa shape index (κ2) is 7.00. The Bertz CT molecular complexity index is 735. The molecule has 0 atom stereocenters. The molecule has 134 valence electrons. The fourth-order valence-electron chi connectivity index (χ4n) is 3.81. The highest BCUT2D eigenvalue weighted by Gasteiger charge is 2.25. The third-order valence-electron chi connectivity index (χ3n) is 5.14. The van der Waals surface area contributed by atoms with Crippen LogP contribution in [0.2, 0.25) is 0 Å². The smallest absolute Gasteiger partial charge is 0.228 e. The van der Waals surface area contributed by atoms with Crippen LogP contribution in [0.4, 0.5) is 5.95 Å². The number of aromatic nitrogens is 4. The molecule has 1 aliphatic heterocycles. The molecule has 0 amide bonds. The Hall–Kier alpha value is -2.15. The van der Waals surface area contributed by atoms with Crippen LogP contribution in [0.25, 0.3) is 0 Å². The minimum atomic E-state index is 0.624. The Morgan fingerprint density at radius 1 is 1.16 bits per heavy atom. The van der Waals surface area contributed by atoms with Crippen molar-refractivity contribution >= 4 is 5.95 Å². The molecule has 25 heavy (non-hydrogen) atoms. The third kappa shape index (κ3) is 3.33. The molecule has 3 heterocycles. The second-order valence-electron chi connectivity index (χ2n) is 6.74. The van der Waals surface area contributed by atoms with Crippen LogP contribution in [-0.2, 0) is 26.4 Å². The van der Waals surface area contributed by atoms with E-state index in [2.05, 4.69) is 31.5 Å². The molecular formula is C18H26N6O. The number of rotatable bonds is 5. The molecule has 0 aromatic carbocycles. The van der Waals surface area contributed by atoms with Crippen molar-refractivity contribution in [1.29, 1.82) is 0 Å². The lowest BCUT2D eigenvalue weighted by Gasteiger charge is -2.34. The van der Waals surface area contributed by atoms with Crippen molar-refractivity contribution in [2.45, 2.75) is 32.7 Å². The Morgan fingerprint density at radius 2 is 2.00 bits per heavy atom. The van der Waals surface area contributed by atoms with Crippen molar-refractivity contribution in [1.82, 2.24) is 24.6 Å². The van der Waals surface area contributed by atoms with Gasteiger partial charge in [0.15, 0.2) is 0 Å². The summed E-state index contributed by atoms with van der Waals surface area (Å²) in [6.45, 7) is 7.50. The summed E-state index contributed by atoms with van der Waals surface area (Å²) in [6, 6.07) is 1.81. The molecular weight excluding hydrogens is 316 g/mol. The van der Waals surface area contributed by atoms with E-state index in [-0.39, 0.29) is 0 Å². The van der Waals surface area contributed by atoms with Gasteiger partial charge in [-0.25, -0.2) is 4.98 Å². The molecule has 1 aliphatic carbocycles. The summed E-state index contributed by atoms with van der Waals surface area (Å²) >= 11 is 0. The molecule has 2 aromatic rings. The average molecular weight is 342 g/mol. The van der Waals surface area contributed by atoms with Gasteiger partial charge in [-0.2, -0.15) is 10.1 Å². The first kappa shape index (κ1) is 16.3. The maximum atomic E-state index is 5.49. The summed E-state index contributed by atoms with van der Waals surface area (Å²) < 4.78 is 7.57. The first-order chi connectivity index (χ1) is 12.2. The normalized spacial score (nSPS) is 17.8. The van der Waals surface area contributed by atoms with Gasteiger partial charge >= 0.3 is 0 Å². The molecule has 0 saturated carbocycles. The van der Waals surface area contributed by atoms with E-state index in [1.165, 1.54) is 29.8 Å². The van der Waals surface area contributed by atoms with Gasteiger partial charge in [0.1, 0.15) is 0 Å². The topological polar surface area (TPSA) is 59.3 Å². The van der Waals surface area contributed by atoms with E-state index in [1.807, 2.05) is 13.0 Å². The summed E-state index contributed by atoms with van der Waals surface area (Å²) in [7, 11) is 2.08. The lowest BCUT2D eigenvalue weighted by atomic mass is 10.2. The summed E-state index contributed by atoms with van der Waals surface area (Å²) in [4.78, 5) is 13.7. The van der Waals surface area contributed by atoms with Gasteiger partial charge in [-0.15, -0.1) is 0 Å². The Labute approximate surface area is 148 Å². The summed E-state index contributed by atoms with van der Waals surface area (Å²) in [5, 5.41) is 4.69. The number of nitrogens with zero attached hydrogens (tertiary/aromatic N) is 6. The fraction of sp³-hybridized carbons (Fsp3) is 0.611. The maximum absolute atomic E-state index is 5.49. The quantitative estimate of drug-likeness (QED) is 0.819. The van der Waals surface area contributed by atoms with E-state index in [0.717, 1.165) is 45.1 Å². The van der Waals surface area contributed by atoms with Crippen molar-refractivity contribution in [3.63, 3.8) is 0 Å². The molecule has 1 fully saturated rings. The largest absolute Gasteiger partial charge is 0.478 e. The van der Waals surface area contributed by atoms with Crippen LogP contribution in [0.3, 0.4) is 0 Å². The van der Waals surface area contributed by atoms with Gasteiger partial charge in [-0.05, 0) is 31.7 Å². The van der Waals surface area contributed by atoms with Crippen molar-refractivity contribution in [3.8, 4) is 5.88 Å². The number of piperazine rings is 1. The van der Waals surface area contributed by atoms with E-state index in [4.69, 9.17) is 9.84 Å². The molecule has 2 aliphatic rings. The van der Waals surface area contributed by atoms with Gasteiger partial charge in [0.05, 0.1) is 18.0 Å². The zero-order chi connectivity index (χ0) is 17.2.